The van der Waals surface area contributed by atoms with E-state index in [0.717, 1.165) is 18.3 Å². The second kappa shape index (κ2) is 4.99. The van der Waals surface area contributed by atoms with Crippen LogP contribution in [-0.4, -0.2) is 18.3 Å². The van der Waals surface area contributed by atoms with Crippen LogP contribution in [0.25, 0.3) is 0 Å². The molecule has 2 rings (SSSR count). The Hall–Kier alpha value is -1.31. The maximum Gasteiger partial charge on any atom is 0.458 e. The Bertz CT molecular complexity index is 489. The lowest BCUT2D eigenvalue weighted by atomic mass is 9.81. The molecule has 0 aliphatic carbocycles. The van der Waals surface area contributed by atoms with Gasteiger partial charge in [0.2, 0.25) is 0 Å². The number of nitriles is 1. The minimum atomic E-state index is -0.272. The van der Waals surface area contributed by atoms with Gasteiger partial charge in [0.15, 0.2) is 0 Å². The summed E-state index contributed by atoms with van der Waals surface area (Å²) in [6, 6.07) is 9.85. The molecule has 1 heterocycles. The largest absolute Gasteiger partial charge is 0.458 e. The molecule has 1 aromatic rings. The highest BCUT2D eigenvalue weighted by molar-refractivity contribution is 6.45. The van der Waals surface area contributed by atoms with Gasteiger partial charge in [0.25, 0.3) is 0 Å². The molecule has 0 atom stereocenters. The Kier molecular flexibility index (Phi) is 3.71. The first-order chi connectivity index (χ1) is 8.84. The number of hydrogen-bond donors (Lipinski definition) is 0. The van der Waals surface area contributed by atoms with Crippen LogP contribution >= 0.6 is 0 Å². The lowest BCUT2D eigenvalue weighted by molar-refractivity contribution is 0.00578. The molecule has 1 aliphatic heterocycles. The van der Waals surface area contributed by atoms with E-state index in [0.29, 0.717) is 5.56 Å². The number of benzene rings is 1. The molecule has 0 N–H and O–H groups in total. The third kappa shape index (κ3) is 2.99. The smallest absolute Gasteiger partial charge is 0.403 e. The Morgan fingerprint density at radius 2 is 1.79 bits per heavy atom. The Morgan fingerprint density at radius 1 is 1.16 bits per heavy atom. The summed E-state index contributed by atoms with van der Waals surface area (Å²) in [4.78, 5) is 0. The van der Waals surface area contributed by atoms with Gasteiger partial charge in [-0.1, -0.05) is 12.1 Å². The third-order valence-electron chi connectivity index (χ3n) is 4.03. The predicted molar refractivity (Wildman–Crippen MR) is 75.8 cm³/mol. The first-order valence-electron chi connectivity index (χ1n) is 6.69. The van der Waals surface area contributed by atoms with Crippen LogP contribution < -0.4 is 0 Å². The number of nitrogens with zero attached hydrogens (tertiary/aromatic N) is 1. The number of aryl methyl sites for hydroxylation is 1. The van der Waals surface area contributed by atoms with Gasteiger partial charge in [-0.3, -0.25) is 0 Å². The Labute approximate surface area is 115 Å². The molecule has 19 heavy (non-hydrogen) atoms. The normalized spacial score (nSPS) is 20.3. The minimum absolute atomic E-state index is 0.171. The summed E-state index contributed by atoms with van der Waals surface area (Å²) in [5.41, 5.74) is 1.30. The molecule has 0 radical (unpaired) electrons. The second-order valence-corrected chi connectivity index (χ2v) is 6.04. The van der Waals surface area contributed by atoms with Crippen LogP contribution in [0.2, 0.25) is 6.32 Å². The van der Waals surface area contributed by atoms with Crippen molar-refractivity contribution in [1.29, 1.82) is 5.26 Å². The molecule has 0 saturated carbocycles. The van der Waals surface area contributed by atoms with Gasteiger partial charge >= 0.3 is 7.12 Å². The molecule has 4 heteroatoms. The van der Waals surface area contributed by atoms with Gasteiger partial charge in [0, 0.05) is 0 Å². The highest BCUT2D eigenvalue weighted by Gasteiger charge is 2.50. The molecular weight excluding hydrogens is 237 g/mol. The molecule has 0 amide bonds. The Morgan fingerprint density at radius 3 is 2.37 bits per heavy atom. The van der Waals surface area contributed by atoms with Crippen molar-refractivity contribution in [3.05, 3.63) is 35.4 Å². The molecule has 100 valence electrons. The summed E-state index contributed by atoms with van der Waals surface area (Å²) in [5.74, 6) is 0. The maximum absolute atomic E-state index is 8.88. The standard InChI is InChI=1S/C15H20BNO2/c1-14(2)15(3,4)19-16(18-14)9-8-12-6-5-7-13(10-12)11-17/h5-7,10H,8-9H2,1-4H3. The molecule has 1 aliphatic rings. The van der Waals surface area contributed by atoms with Crippen LogP contribution in [0.1, 0.15) is 38.8 Å². The van der Waals surface area contributed by atoms with Crippen molar-refractivity contribution in [2.45, 2.75) is 51.6 Å². The fourth-order valence-corrected chi connectivity index (χ4v) is 2.16. The zero-order chi connectivity index (χ0) is 14.1. The molecule has 1 saturated heterocycles. The lowest BCUT2D eigenvalue weighted by Gasteiger charge is -2.32. The molecular formula is C15H20BNO2. The first kappa shape index (κ1) is 14.1. The van der Waals surface area contributed by atoms with E-state index in [1.54, 1.807) is 0 Å². The molecule has 0 bridgehead atoms. The fourth-order valence-electron chi connectivity index (χ4n) is 2.16. The monoisotopic (exact) mass is 257 g/mol. The summed E-state index contributed by atoms with van der Waals surface area (Å²) in [6.07, 6.45) is 1.66. The van der Waals surface area contributed by atoms with Gasteiger partial charge in [0.1, 0.15) is 0 Å². The van der Waals surface area contributed by atoms with Gasteiger partial charge in [0.05, 0.1) is 22.8 Å². The van der Waals surface area contributed by atoms with E-state index in [2.05, 4.69) is 33.8 Å². The topological polar surface area (TPSA) is 42.2 Å². The van der Waals surface area contributed by atoms with Crippen molar-refractivity contribution in [3.8, 4) is 6.07 Å². The zero-order valence-electron chi connectivity index (χ0n) is 12.1. The van der Waals surface area contributed by atoms with Crippen molar-refractivity contribution in [2.75, 3.05) is 0 Å². The van der Waals surface area contributed by atoms with E-state index in [4.69, 9.17) is 14.6 Å². The quantitative estimate of drug-likeness (QED) is 0.781. The highest BCUT2D eigenvalue weighted by atomic mass is 16.7. The predicted octanol–water partition coefficient (Wildman–Crippen LogP) is 3.19. The van der Waals surface area contributed by atoms with Gasteiger partial charge in [-0.25, -0.2) is 0 Å². The van der Waals surface area contributed by atoms with E-state index in [-0.39, 0.29) is 18.3 Å². The zero-order valence-corrected chi connectivity index (χ0v) is 12.1. The average molecular weight is 257 g/mol. The summed E-state index contributed by atoms with van der Waals surface area (Å²) < 4.78 is 11.9. The highest BCUT2D eigenvalue weighted by Crippen LogP contribution is 2.37. The van der Waals surface area contributed by atoms with Crippen LogP contribution in [0.3, 0.4) is 0 Å². The van der Waals surface area contributed by atoms with E-state index in [1.165, 1.54) is 0 Å². The molecule has 3 nitrogen and oxygen atoms in total. The third-order valence-corrected chi connectivity index (χ3v) is 4.03. The van der Waals surface area contributed by atoms with E-state index >= 15 is 0 Å². The first-order valence-corrected chi connectivity index (χ1v) is 6.69. The van der Waals surface area contributed by atoms with E-state index < -0.39 is 0 Å². The molecule has 1 fully saturated rings. The van der Waals surface area contributed by atoms with Crippen LogP contribution in [0.4, 0.5) is 0 Å². The van der Waals surface area contributed by atoms with Crippen LogP contribution in [0.5, 0.6) is 0 Å². The summed E-state index contributed by atoms with van der Waals surface area (Å²) >= 11 is 0. The fraction of sp³-hybridized carbons (Fsp3) is 0.533. The molecule has 1 aromatic carbocycles. The van der Waals surface area contributed by atoms with E-state index in [9.17, 15) is 0 Å². The summed E-state index contributed by atoms with van der Waals surface area (Å²) in [7, 11) is -0.171. The van der Waals surface area contributed by atoms with Gasteiger partial charge in [-0.2, -0.15) is 5.26 Å². The summed E-state index contributed by atoms with van der Waals surface area (Å²) in [5, 5.41) is 8.88. The van der Waals surface area contributed by atoms with Crippen molar-refractivity contribution >= 4 is 7.12 Å². The molecule has 0 aromatic heterocycles. The van der Waals surface area contributed by atoms with Crippen LogP contribution in [-0.2, 0) is 15.7 Å². The van der Waals surface area contributed by atoms with Crippen LogP contribution in [0, 0.1) is 11.3 Å². The van der Waals surface area contributed by atoms with Crippen molar-refractivity contribution in [3.63, 3.8) is 0 Å². The number of hydrogen-bond acceptors (Lipinski definition) is 3. The second-order valence-electron chi connectivity index (χ2n) is 6.04. The lowest BCUT2D eigenvalue weighted by Crippen LogP contribution is -2.41. The minimum Gasteiger partial charge on any atom is -0.403 e. The average Bonchev–Trinajstić information content (AvgIpc) is 2.56. The van der Waals surface area contributed by atoms with Gasteiger partial charge < -0.3 is 9.31 Å². The van der Waals surface area contributed by atoms with Crippen molar-refractivity contribution in [2.24, 2.45) is 0 Å². The molecule has 0 unspecified atom stereocenters. The Balaban J connectivity index is 1.96. The SMILES string of the molecule is CC1(C)OB(CCc2cccc(C#N)c2)OC1(C)C. The van der Waals surface area contributed by atoms with Crippen molar-refractivity contribution < 1.29 is 9.31 Å². The molecule has 0 spiro atoms. The van der Waals surface area contributed by atoms with Crippen LogP contribution in [0.15, 0.2) is 24.3 Å². The maximum atomic E-state index is 8.88. The van der Waals surface area contributed by atoms with Gasteiger partial charge in [-0.05, 0) is 58.1 Å². The van der Waals surface area contributed by atoms with E-state index in [1.807, 2.05) is 24.3 Å². The van der Waals surface area contributed by atoms with Crippen molar-refractivity contribution in [1.82, 2.24) is 0 Å². The number of rotatable bonds is 3. The summed E-state index contributed by atoms with van der Waals surface area (Å²) in [6.45, 7) is 8.24. The van der Waals surface area contributed by atoms with Gasteiger partial charge in [-0.15, -0.1) is 0 Å².